The van der Waals surface area contributed by atoms with E-state index in [9.17, 15) is 19.1 Å². The first-order valence-electron chi connectivity index (χ1n) is 13.8. The largest absolute Gasteiger partial charge is 0.477 e. The molecule has 1 amide bonds. The Kier molecular flexibility index (Phi) is 7.97. The Morgan fingerprint density at radius 2 is 1.95 bits per heavy atom. The van der Waals surface area contributed by atoms with Crippen LogP contribution in [0.1, 0.15) is 61.5 Å². The molecule has 0 atom stereocenters. The monoisotopic (exact) mass is 552 g/mol. The number of halogens is 1. The molecule has 2 aromatic carbocycles. The summed E-state index contributed by atoms with van der Waals surface area (Å²) in [7, 11) is 0. The number of nitrogens with zero attached hydrogens (tertiary/aromatic N) is 1. The van der Waals surface area contributed by atoms with Crippen LogP contribution >= 0.6 is 0 Å². The van der Waals surface area contributed by atoms with E-state index in [2.05, 4.69) is 25.8 Å². The zero-order valence-electron chi connectivity index (χ0n) is 23.2. The van der Waals surface area contributed by atoms with Gasteiger partial charge in [-0.05, 0) is 60.2 Å². The smallest absolute Gasteiger partial charge is 0.352 e. The van der Waals surface area contributed by atoms with E-state index >= 15 is 0 Å². The molecule has 0 aliphatic heterocycles. The van der Waals surface area contributed by atoms with Gasteiger partial charge >= 0.3 is 5.97 Å². The van der Waals surface area contributed by atoms with Crippen LogP contribution in [-0.2, 0) is 11.3 Å². The number of hydrogen-bond donors (Lipinski definition) is 4. The molecule has 0 aliphatic carbocycles. The normalized spacial score (nSPS) is 11.4. The van der Waals surface area contributed by atoms with Crippen molar-refractivity contribution in [2.75, 3.05) is 6.54 Å². The molecule has 5 aromatic rings. The van der Waals surface area contributed by atoms with Crippen LogP contribution in [0, 0.1) is 18.2 Å². The lowest BCUT2D eigenvalue weighted by molar-refractivity contribution is -0.121. The van der Waals surface area contributed by atoms with Crippen molar-refractivity contribution in [1.82, 2.24) is 19.9 Å². The fourth-order valence-electron chi connectivity index (χ4n) is 5.64. The number of carbonyl (C=O) groups excluding carboxylic acids is 1. The molecule has 8 heteroatoms. The van der Waals surface area contributed by atoms with E-state index in [-0.39, 0.29) is 17.5 Å². The first kappa shape index (κ1) is 27.8. The summed E-state index contributed by atoms with van der Waals surface area (Å²) >= 11 is 0. The number of carboxylic acids is 1. The molecular weight excluding hydrogens is 519 g/mol. The molecule has 0 saturated carbocycles. The first-order valence-corrected chi connectivity index (χ1v) is 13.8. The van der Waals surface area contributed by atoms with Gasteiger partial charge in [-0.2, -0.15) is 0 Å². The first-order chi connectivity index (χ1) is 19.8. The van der Waals surface area contributed by atoms with E-state index in [1.807, 2.05) is 50.4 Å². The molecule has 0 fully saturated rings. The highest BCUT2D eigenvalue weighted by Gasteiger charge is 2.28. The van der Waals surface area contributed by atoms with Gasteiger partial charge in [-0.1, -0.05) is 26.0 Å². The van der Waals surface area contributed by atoms with Gasteiger partial charge in [0.1, 0.15) is 11.5 Å². The SMILES string of the molecule is C#CCCCCC(=O)NCCn1ccc2c(-c3c(C(=O)O)[nH]c(-c4cc(F)cc5[nH]ccc45)c3C(C)C)cccc21. The molecule has 7 nitrogen and oxygen atoms in total. The summed E-state index contributed by atoms with van der Waals surface area (Å²) in [5.41, 5.74) is 5.03. The van der Waals surface area contributed by atoms with Crippen LogP contribution in [-0.4, -0.2) is 38.1 Å². The van der Waals surface area contributed by atoms with Crippen LogP contribution in [0.15, 0.2) is 54.9 Å². The average Bonchev–Trinajstić information content (AvgIpc) is 3.67. The van der Waals surface area contributed by atoms with Gasteiger partial charge < -0.3 is 25.0 Å². The number of rotatable bonds is 11. The Labute approximate surface area is 237 Å². The summed E-state index contributed by atoms with van der Waals surface area (Å²) in [6.07, 6.45) is 11.7. The second-order valence-corrected chi connectivity index (χ2v) is 10.5. The van der Waals surface area contributed by atoms with Gasteiger partial charge in [0.15, 0.2) is 0 Å². The van der Waals surface area contributed by atoms with Gasteiger partial charge in [0.05, 0.1) is 5.69 Å². The summed E-state index contributed by atoms with van der Waals surface area (Å²) in [6.45, 7) is 5.06. The lowest BCUT2D eigenvalue weighted by Crippen LogP contribution is -2.26. The van der Waals surface area contributed by atoms with Crippen LogP contribution in [0.4, 0.5) is 4.39 Å². The van der Waals surface area contributed by atoms with Crippen molar-refractivity contribution < 1.29 is 19.1 Å². The number of unbranched alkanes of at least 4 members (excludes halogenated alkanes) is 2. The third-order valence-electron chi connectivity index (χ3n) is 7.47. The van der Waals surface area contributed by atoms with Crippen LogP contribution < -0.4 is 5.32 Å². The lowest BCUT2D eigenvalue weighted by atomic mass is 9.89. The van der Waals surface area contributed by atoms with Crippen LogP contribution in [0.3, 0.4) is 0 Å². The summed E-state index contributed by atoms with van der Waals surface area (Å²) in [4.78, 5) is 31.0. The van der Waals surface area contributed by atoms with Crippen molar-refractivity contribution in [3.8, 4) is 34.7 Å². The number of H-pyrrole nitrogens is 2. The molecule has 0 spiro atoms. The number of aromatic nitrogens is 3. The topological polar surface area (TPSA) is 103 Å². The van der Waals surface area contributed by atoms with Crippen LogP contribution in [0.2, 0.25) is 0 Å². The minimum absolute atomic E-state index is 0.000536. The zero-order chi connectivity index (χ0) is 29.1. The number of carboxylic acid groups (broad SMARTS) is 1. The standard InChI is InChI=1S/C33H33FN4O3/c1-4-5-6-7-11-28(39)36-15-17-38-16-13-23-24(9-8-10-27(23)38)30-29(20(2)3)31(37-32(30)33(40)41)25-18-21(34)19-26-22(25)12-14-35-26/h1,8-10,12-14,16,18-20,35,37H,5-7,11,15,17H2,2-3H3,(H,36,39)(H,40,41). The summed E-state index contributed by atoms with van der Waals surface area (Å²) in [5, 5.41) is 15.0. The molecule has 3 heterocycles. The summed E-state index contributed by atoms with van der Waals surface area (Å²) in [5.74, 6) is 1.03. The van der Waals surface area contributed by atoms with Gasteiger partial charge in [0.2, 0.25) is 5.91 Å². The lowest BCUT2D eigenvalue weighted by Gasteiger charge is -2.14. The fraction of sp³-hybridized carbons (Fsp3) is 0.273. The molecule has 0 saturated heterocycles. The Bertz CT molecular complexity index is 1780. The molecule has 0 unspecified atom stereocenters. The van der Waals surface area contributed by atoms with Crippen molar-refractivity contribution in [2.45, 2.75) is 52.0 Å². The maximum atomic E-state index is 14.7. The third kappa shape index (κ3) is 5.48. The van der Waals surface area contributed by atoms with E-state index in [0.29, 0.717) is 48.3 Å². The van der Waals surface area contributed by atoms with Gasteiger partial charge in [-0.25, -0.2) is 9.18 Å². The van der Waals surface area contributed by atoms with Gasteiger partial charge in [-0.15, -0.1) is 12.3 Å². The number of nitrogens with one attached hydrogen (secondary N) is 3. The van der Waals surface area contributed by atoms with E-state index in [1.54, 1.807) is 6.20 Å². The van der Waals surface area contributed by atoms with Crippen LogP contribution in [0.5, 0.6) is 0 Å². The summed E-state index contributed by atoms with van der Waals surface area (Å²) < 4.78 is 16.7. The number of aromatic amines is 2. The number of terminal acetylenes is 1. The zero-order valence-corrected chi connectivity index (χ0v) is 23.2. The maximum Gasteiger partial charge on any atom is 0.352 e. The predicted molar refractivity (Wildman–Crippen MR) is 160 cm³/mol. The van der Waals surface area contributed by atoms with Crippen molar-refractivity contribution in [3.63, 3.8) is 0 Å². The number of amides is 1. The van der Waals surface area contributed by atoms with Crippen molar-refractivity contribution in [1.29, 1.82) is 0 Å². The maximum absolute atomic E-state index is 14.7. The molecule has 3 aromatic heterocycles. The van der Waals surface area contributed by atoms with Crippen molar-refractivity contribution >= 4 is 33.7 Å². The highest BCUT2D eigenvalue weighted by Crippen LogP contribution is 2.44. The quantitative estimate of drug-likeness (QED) is 0.104. The third-order valence-corrected chi connectivity index (χ3v) is 7.47. The number of carbonyl (C=O) groups is 2. The Morgan fingerprint density at radius 1 is 1.12 bits per heavy atom. The number of fused-ring (bicyclic) bond motifs is 2. The molecule has 5 rings (SSSR count). The van der Waals surface area contributed by atoms with Gasteiger partial charge in [0.25, 0.3) is 0 Å². The van der Waals surface area contributed by atoms with E-state index in [1.165, 1.54) is 12.1 Å². The van der Waals surface area contributed by atoms with Gasteiger partial charge in [-0.3, -0.25) is 4.79 Å². The van der Waals surface area contributed by atoms with E-state index < -0.39 is 11.8 Å². The Morgan fingerprint density at radius 3 is 2.71 bits per heavy atom. The van der Waals surface area contributed by atoms with E-state index in [4.69, 9.17) is 6.42 Å². The highest BCUT2D eigenvalue weighted by molar-refractivity contribution is 6.07. The minimum atomic E-state index is -1.09. The predicted octanol–water partition coefficient (Wildman–Crippen LogP) is 7.06. The molecule has 0 radical (unpaired) electrons. The average molecular weight is 553 g/mol. The number of benzene rings is 2. The molecule has 4 N–H and O–H groups in total. The molecule has 210 valence electrons. The molecular formula is C33H33FN4O3. The highest BCUT2D eigenvalue weighted by atomic mass is 19.1. The Hall–Kier alpha value is -4.77. The second-order valence-electron chi connectivity index (χ2n) is 10.5. The minimum Gasteiger partial charge on any atom is -0.477 e. The van der Waals surface area contributed by atoms with E-state index in [0.717, 1.165) is 40.3 Å². The van der Waals surface area contributed by atoms with Gasteiger partial charge in [0, 0.05) is 71.3 Å². The number of aromatic carboxylic acids is 1. The second kappa shape index (κ2) is 11.8. The van der Waals surface area contributed by atoms with Crippen molar-refractivity contribution in [3.05, 3.63) is 71.9 Å². The molecule has 0 bridgehead atoms. The van der Waals surface area contributed by atoms with Crippen LogP contribution in [0.25, 0.3) is 44.2 Å². The molecule has 0 aliphatic rings. The summed E-state index contributed by atoms with van der Waals surface area (Å²) in [6, 6.07) is 12.5. The number of hydrogen-bond acceptors (Lipinski definition) is 2. The molecule has 41 heavy (non-hydrogen) atoms. The van der Waals surface area contributed by atoms with Crippen molar-refractivity contribution in [2.24, 2.45) is 0 Å². The fourth-order valence-corrected chi connectivity index (χ4v) is 5.64. The Balaban J connectivity index is 1.53.